The maximum atomic E-state index is 13.4. The van der Waals surface area contributed by atoms with E-state index in [0.717, 1.165) is 16.9 Å². The molecule has 1 unspecified atom stereocenters. The lowest BCUT2D eigenvalue weighted by atomic mass is 9.85. The molecule has 1 atom stereocenters. The molecule has 10 heteroatoms. The molecule has 0 aromatic carbocycles. The third-order valence-electron chi connectivity index (χ3n) is 6.20. The summed E-state index contributed by atoms with van der Waals surface area (Å²) >= 11 is 0. The van der Waals surface area contributed by atoms with Crippen LogP contribution in [0.4, 0.5) is 10.1 Å². The number of aromatic nitrogens is 5. The van der Waals surface area contributed by atoms with E-state index in [2.05, 4.69) is 20.5 Å². The van der Waals surface area contributed by atoms with Gasteiger partial charge in [-0.1, -0.05) is 12.1 Å². The van der Waals surface area contributed by atoms with E-state index in [4.69, 9.17) is 9.26 Å². The van der Waals surface area contributed by atoms with E-state index in [9.17, 15) is 9.18 Å². The highest BCUT2D eigenvalue weighted by molar-refractivity contribution is 5.59. The Morgan fingerprint density at radius 1 is 1.28 bits per heavy atom. The first kappa shape index (κ1) is 20.7. The molecule has 0 radical (unpaired) electrons. The Labute approximate surface area is 184 Å². The molecule has 2 fully saturated rings. The molecule has 0 saturated carbocycles. The van der Waals surface area contributed by atoms with Gasteiger partial charge < -0.3 is 14.2 Å². The van der Waals surface area contributed by atoms with Crippen molar-refractivity contribution in [1.82, 2.24) is 25.1 Å². The summed E-state index contributed by atoms with van der Waals surface area (Å²) in [5.74, 6) is 0.686. The summed E-state index contributed by atoms with van der Waals surface area (Å²) in [4.78, 5) is 14.9. The normalized spacial score (nSPS) is 19.8. The molecule has 0 N–H and O–H groups in total. The second-order valence-electron chi connectivity index (χ2n) is 8.54. The van der Waals surface area contributed by atoms with Crippen molar-refractivity contribution in [2.45, 2.75) is 51.4 Å². The fourth-order valence-electron chi connectivity index (χ4n) is 4.30. The summed E-state index contributed by atoms with van der Waals surface area (Å²) in [6.45, 7) is 5.49. The molecule has 1 spiro atoms. The van der Waals surface area contributed by atoms with Crippen molar-refractivity contribution in [1.29, 1.82) is 0 Å². The van der Waals surface area contributed by atoms with Crippen LogP contribution in [-0.4, -0.2) is 56.6 Å². The number of hydrogen-bond acceptors (Lipinski definition) is 8. The number of aryl methyl sites for hydroxylation is 2. The van der Waals surface area contributed by atoms with E-state index in [1.54, 1.807) is 12.3 Å². The summed E-state index contributed by atoms with van der Waals surface area (Å²) in [6.07, 6.45) is 2.66. The Hall–Kier alpha value is -3.14. The molecule has 168 valence electrons. The van der Waals surface area contributed by atoms with Crippen LogP contribution in [0.1, 0.15) is 36.8 Å². The van der Waals surface area contributed by atoms with E-state index in [-0.39, 0.29) is 24.3 Å². The van der Waals surface area contributed by atoms with Gasteiger partial charge >= 0.3 is 0 Å². The predicted octanol–water partition coefficient (Wildman–Crippen LogP) is 2.31. The first-order valence-corrected chi connectivity index (χ1v) is 10.8. The number of ether oxygens (including phenoxy) is 1. The molecule has 0 aliphatic carbocycles. The van der Waals surface area contributed by atoms with E-state index >= 15 is 0 Å². The largest absolute Gasteiger partial charge is 0.368 e. The van der Waals surface area contributed by atoms with E-state index in [0.29, 0.717) is 49.5 Å². The standard InChI is InChI=1S/C22H25FN6O3/c1-3-19-17(21(27-32-19)18-5-4-14(2)25-26-18)10-29-20(30)8-16(9-24-29)28-12-22(13-28)7-6-15(23)11-31-22/h4-5,8-9,15H,3,6-7,10-13H2,1-2H3. The Balaban J connectivity index is 1.34. The second kappa shape index (κ2) is 8.09. The third-order valence-corrected chi connectivity index (χ3v) is 6.20. The Bertz CT molecular complexity index is 1160. The number of halogens is 1. The highest BCUT2D eigenvalue weighted by Crippen LogP contribution is 2.37. The zero-order chi connectivity index (χ0) is 22.3. The summed E-state index contributed by atoms with van der Waals surface area (Å²) in [7, 11) is 0. The fourth-order valence-corrected chi connectivity index (χ4v) is 4.30. The number of anilines is 1. The van der Waals surface area contributed by atoms with Crippen LogP contribution in [0.25, 0.3) is 11.4 Å². The molecule has 5 heterocycles. The zero-order valence-corrected chi connectivity index (χ0v) is 18.1. The van der Waals surface area contributed by atoms with Crippen molar-refractivity contribution in [3.63, 3.8) is 0 Å². The lowest BCUT2D eigenvalue weighted by Crippen LogP contribution is -2.65. The quantitative estimate of drug-likeness (QED) is 0.596. The molecule has 3 aromatic heterocycles. The highest BCUT2D eigenvalue weighted by Gasteiger charge is 2.47. The minimum atomic E-state index is -0.874. The molecule has 2 aliphatic heterocycles. The van der Waals surface area contributed by atoms with Gasteiger partial charge in [-0.15, -0.1) is 5.10 Å². The van der Waals surface area contributed by atoms with Gasteiger partial charge in [0.05, 0.1) is 30.7 Å². The Morgan fingerprint density at radius 3 is 2.78 bits per heavy atom. The van der Waals surface area contributed by atoms with Crippen LogP contribution >= 0.6 is 0 Å². The van der Waals surface area contributed by atoms with Gasteiger partial charge in [0.1, 0.15) is 28.9 Å². The summed E-state index contributed by atoms with van der Waals surface area (Å²) < 4.78 is 26.0. The minimum absolute atomic E-state index is 0.153. The van der Waals surface area contributed by atoms with Crippen molar-refractivity contribution in [3.05, 3.63) is 51.8 Å². The monoisotopic (exact) mass is 440 g/mol. The molecule has 3 aromatic rings. The van der Waals surface area contributed by atoms with Gasteiger partial charge in [0.25, 0.3) is 5.56 Å². The van der Waals surface area contributed by atoms with Crippen molar-refractivity contribution in [2.24, 2.45) is 0 Å². The van der Waals surface area contributed by atoms with Crippen LogP contribution < -0.4 is 10.5 Å². The lowest BCUT2D eigenvalue weighted by Gasteiger charge is -2.52. The van der Waals surface area contributed by atoms with Gasteiger partial charge in [0.15, 0.2) is 0 Å². The van der Waals surface area contributed by atoms with Crippen molar-refractivity contribution in [3.8, 4) is 11.4 Å². The van der Waals surface area contributed by atoms with Gasteiger partial charge in [-0.05, 0) is 31.9 Å². The first-order valence-electron chi connectivity index (χ1n) is 10.8. The first-order chi connectivity index (χ1) is 15.5. The third kappa shape index (κ3) is 3.79. The minimum Gasteiger partial charge on any atom is -0.368 e. The molecule has 0 bridgehead atoms. The molecule has 2 saturated heterocycles. The van der Waals surface area contributed by atoms with Crippen molar-refractivity contribution in [2.75, 3.05) is 24.6 Å². The highest BCUT2D eigenvalue weighted by atomic mass is 19.1. The molecule has 5 rings (SSSR count). The molecule has 9 nitrogen and oxygen atoms in total. The molecular weight excluding hydrogens is 415 g/mol. The topological polar surface area (TPSA) is 99.2 Å². The van der Waals surface area contributed by atoms with E-state index < -0.39 is 6.17 Å². The van der Waals surface area contributed by atoms with E-state index in [1.807, 2.05) is 30.9 Å². The molecule has 2 aliphatic rings. The smallest absolute Gasteiger partial charge is 0.269 e. The van der Waals surface area contributed by atoms with Crippen LogP contribution in [-0.2, 0) is 17.7 Å². The number of alkyl halides is 1. The SMILES string of the molecule is CCc1onc(-c2ccc(C)nn2)c1Cn1ncc(N2CC3(CCC(F)CO3)C2)cc1=O. The maximum absolute atomic E-state index is 13.4. The van der Waals surface area contributed by atoms with Gasteiger partial charge in [-0.25, -0.2) is 9.07 Å². The number of nitrogens with zero attached hydrogens (tertiary/aromatic N) is 6. The average Bonchev–Trinajstić information content (AvgIpc) is 3.17. The maximum Gasteiger partial charge on any atom is 0.269 e. The van der Waals surface area contributed by atoms with Crippen LogP contribution in [0.2, 0.25) is 0 Å². The van der Waals surface area contributed by atoms with Crippen LogP contribution in [0, 0.1) is 6.92 Å². The molecule has 32 heavy (non-hydrogen) atoms. The van der Waals surface area contributed by atoms with Crippen molar-refractivity contribution >= 4 is 5.69 Å². The summed E-state index contributed by atoms with van der Waals surface area (Å²) in [6, 6.07) is 5.26. The van der Waals surface area contributed by atoms with Gasteiger partial charge in [-0.2, -0.15) is 10.2 Å². The van der Waals surface area contributed by atoms with Gasteiger partial charge in [0, 0.05) is 31.1 Å². The Morgan fingerprint density at radius 2 is 2.12 bits per heavy atom. The molecule has 0 amide bonds. The molecular formula is C22H25FN6O3. The lowest BCUT2D eigenvalue weighted by molar-refractivity contribution is -0.120. The van der Waals surface area contributed by atoms with E-state index in [1.165, 1.54) is 4.68 Å². The zero-order valence-electron chi connectivity index (χ0n) is 18.1. The van der Waals surface area contributed by atoms with Crippen LogP contribution in [0.15, 0.2) is 33.7 Å². The predicted molar refractivity (Wildman–Crippen MR) is 114 cm³/mol. The van der Waals surface area contributed by atoms with Gasteiger partial charge in [0.2, 0.25) is 0 Å². The van der Waals surface area contributed by atoms with Crippen LogP contribution in [0.5, 0.6) is 0 Å². The average molecular weight is 440 g/mol. The summed E-state index contributed by atoms with van der Waals surface area (Å²) in [5, 5.41) is 16.8. The number of hydrogen-bond donors (Lipinski definition) is 0. The second-order valence-corrected chi connectivity index (χ2v) is 8.54. The van der Waals surface area contributed by atoms with Crippen molar-refractivity contribution < 1.29 is 13.7 Å². The van der Waals surface area contributed by atoms with Gasteiger partial charge in [-0.3, -0.25) is 4.79 Å². The fraction of sp³-hybridized carbons (Fsp3) is 0.500. The Kier molecular flexibility index (Phi) is 5.24. The van der Waals surface area contributed by atoms with Crippen LogP contribution in [0.3, 0.4) is 0 Å². The number of rotatable bonds is 5. The summed E-state index contributed by atoms with van der Waals surface area (Å²) in [5.41, 5.74) is 2.96.